The molecule has 35 heavy (non-hydrogen) atoms. The number of aromatic nitrogens is 4. The van der Waals surface area contributed by atoms with Crippen molar-refractivity contribution in [3.05, 3.63) is 66.6 Å². The van der Waals surface area contributed by atoms with E-state index < -0.39 is 10.0 Å². The number of carbonyl (C=O) groups is 1. The Hall–Kier alpha value is -3.54. The number of anilines is 1. The number of imidazole rings is 1. The quantitative estimate of drug-likeness (QED) is 0.422. The maximum Gasteiger partial charge on any atom is 0.243 e. The summed E-state index contributed by atoms with van der Waals surface area (Å²) in [5, 5.41) is 7.21. The van der Waals surface area contributed by atoms with E-state index in [4.69, 9.17) is 4.74 Å². The maximum absolute atomic E-state index is 13.0. The Bertz CT molecular complexity index is 1460. The number of nitrogens with one attached hydrogen (secondary N) is 1. The average Bonchev–Trinajstić information content (AvgIpc) is 3.47. The van der Waals surface area contributed by atoms with E-state index in [1.807, 2.05) is 41.9 Å². The fourth-order valence-corrected chi connectivity index (χ4v) is 5.52. The Morgan fingerprint density at radius 1 is 1.09 bits per heavy atom. The van der Waals surface area contributed by atoms with Crippen LogP contribution in [-0.2, 0) is 33.0 Å². The molecule has 0 bridgehead atoms. The van der Waals surface area contributed by atoms with Crippen LogP contribution in [-0.4, -0.2) is 64.3 Å². The zero-order valence-electron chi connectivity index (χ0n) is 19.3. The lowest BCUT2D eigenvalue weighted by Crippen LogP contribution is -2.40. The number of amides is 1. The molecule has 0 aliphatic carbocycles. The molecule has 0 saturated carbocycles. The third kappa shape index (κ3) is 4.83. The monoisotopic (exact) mass is 494 g/mol. The Labute approximate surface area is 203 Å². The second-order valence-corrected chi connectivity index (χ2v) is 10.2. The smallest absolute Gasteiger partial charge is 0.243 e. The lowest BCUT2D eigenvalue weighted by Gasteiger charge is -2.26. The van der Waals surface area contributed by atoms with Gasteiger partial charge in [0.15, 0.2) is 5.82 Å². The molecule has 10 nitrogen and oxygen atoms in total. The van der Waals surface area contributed by atoms with Crippen LogP contribution in [0.2, 0.25) is 0 Å². The highest BCUT2D eigenvalue weighted by Crippen LogP contribution is 2.23. The molecule has 5 rings (SSSR count). The number of carbonyl (C=O) groups excluding carboxylic acids is 1. The van der Waals surface area contributed by atoms with E-state index >= 15 is 0 Å². The maximum atomic E-state index is 13.0. The predicted octanol–water partition coefficient (Wildman–Crippen LogP) is 2.35. The van der Waals surface area contributed by atoms with Crippen LogP contribution >= 0.6 is 0 Å². The van der Waals surface area contributed by atoms with Crippen LogP contribution in [0.1, 0.15) is 12.2 Å². The molecule has 2 aromatic heterocycles. The largest absolute Gasteiger partial charge is 0.379 e. The highest BCUT2D eigenvalue weighted by molar-refractivity contribution is 7.89. The molecule has 0 atom stereocenters. The molecule has 1 fully saturated rings. The number of ether oxygens (including phenoxy) is 1. The highest BCUT2D eigenvalue weighted by atomic mass is 32.2. The number of morpholine rings is 1. The molecule has 182 valence electrons. The molecule has 1 aliphatic heterocycles. The number of hydrogen-bond donors (Lipinski definition) is 1. The van der Waals surface area contributed by atoms with E-state index in [2.05, 4.69) is 15.4 Å². The standard InChI is InChI=1S/C24H26N6O4S/c1-28-21-8-7-19(35(32,33)29-13-15-34-16-14-29)17-20(21)25-23(28)9-10-24(31)26-22-11-12-30(27-22)18-5-3-2-4-6-18/h2-8,11-12,17H,9-10,13-16H2,1H3,(H,26,27,31). The molecule has 1 saturated heterocycles. The molecular formula is C24H26N6O4S. The molecule has 1 aliphatic rings. The van der Waals surface area contributed by atoms with Gasteiger partial charge < -0.3 is 14.6 Å². The second-order valence-electron chi connectivity index (χ2n) is 8.28. The topological polar surface area (TPSA) is 111 Å². The zero-order valence-corrected chi connectivity index (χ0v) is 20.1. The van der Waals surface area contributed by atoms with Crippen LogP contribution in [0.15, 0.2) is 65.7 Å². The number of aryl methyl sites for hydroxylation is 2. The van der Waals surface area contributed by atoms with Crippen molar-refractivity contribution < 1.29 is 17.9 Å². The van der Waals surface area contributed by atoms with Crippen molar-refractivity contribution in [2.75, 3.05) is 31.6 Å². The van der Waals surface area contributed by atoms with Crippen LogP contribution in [0, 0.1) is 0 Å². The fraction of sp³-hybridized carbons (Fsp3) is 0.292. The lowest BCUT2D eigenvalue weighted by molar-refractivity contribution is -0.116. The lowest BCUT2D eigenvalue weighted by atomic mass is 10.3. The van der Waals surface area contributed by atoms with Gasteiger partial charge in [-0.25, -0.2) is 18.1 Å². The molecule has 2 aromatic carbocycles. The molecule has 1 amide bonds. The third-order valence-corrected chi connectivity index (χ3v) is 7.90. The number of rotatable bonds is 7. The number of hydrogen-bond acceptors (Lipinski definition) is 6. The minimum absolute atomic E-state index is 0.175. The number of para-hydroxylation sites is 1. The summed E-state index contributed by atoms with van der Waals surface area (Å²) in [6, 6.07) is 16.4. The second kappa shape index (κ2) is 9.61. The summed E-state index contributed by atoms with van der Waals surface area (Å²) in [6.45, 7) is 1.46. The minimum atomic E-state index is -3.60. The molecule has 0 spiro atoms. The van der Waals surface area contributed by atoms with E-state index in [1.54, 1.807) is 35.1 Å². The summed E-state index contributed by atoms with van der Waals surface area (Å²) in [4.78, 5) is 17.3. The summed E-state index contributed by atoms with van der Waals surface area (Å²) in [7, 11) is -1.74. The summed E-state index contributed by atoms with van der Waals surface area (Å²) in [6.07, 6.45) is 2.41. The van der Waals surface area contributed by atoms with E-state index in [1.165, 1.54) is 4.31 Å². The van der Waals surface area contributed by atoms with Gasteiger partial charge in [-0.15, -0.1) is 0 Å². The van der Waals surface area contributed by atoms with Crippen LogP contribution in [0.5, 0.6) is 0 Å². The van der Waals surface area contributed by atoms with Gasteiger partial charge in [-0.1, -0.05) is 18.2 Å². The van der Waals surface area contributed by atoms with E-state index in [0.717, 1.165) is 11.2 Å². The van der Waals surface area contributed by atoms with E-state index in [9.17, 15) is 13.2 Å². The summed E-state index contributed by atoms with van der Waals surface area (Å²) < 4.78 is 36.2. The minimum Gasteiger partial charge on any atom is -0.379 e. The third-order valence-electron chi connectivity index (χ3n) is 6.01. The van der Waals surface area contributed by atoms with Crippen molar-refractivity contribution in [3.8, 4) is 5.69 Å². The predicted molar refractivity (Wildman–Crippen MR) is 131 cm³/mol. The highest BCUT2D eigenvalue weighted by Gasteiger charge is 2.27. The molecule has 0 unspecified atom stereocenters. The summed E-state index contributed by atoms with van der Waals surface area (Å²) in [5.41, 5.74) is 2.30. The van der Waals surface area contributed by atoms with Gasteiger partial charge in [0.2, 0.25) is 15.9 Å². The van der Waals surface area contributed by atoms with Crippen molar-refractivity contribution in [2.45, 2.75) is 17.7 Å². The molecule has 11 heteroatoms. The van der Waals surface area contributed by atoms with Gasteiger partial charge in [0.05, 0.1) is 34.8 Å². The Morgan fingerprint density at radius 3 is 2.63 bits per heavy atom. The van der Waals surface area contributed by atoms with Gasteiger partial charge in [0.1, 0.15) is 5.82 Å². The first-order chi connectivity index (χ1) is 16.9. The molecule has 1 N–H and O–H groups in total. The molecule has 4 aromatic rings. The zero-order chi connectivity index (χ0) is 24.4. The molecular weight excluding hydrogens is 468 g/mol. The van der Waals surface area contributed by atoms with Gasteiger partial charge >= 0.3 is 0 Å². The van der Waals surface area contributed by atoms with Gasteiger partial charge in [-0.3, -0.25) is 4.79 Å². The molecule has 3 heterocycles. The van der Waals surface area contributed by atoms with Crippen LogP contribution in [0.3, 0.4) is 0 Å². The Morgan fingerprint density at radius 2 is 1.86 bits per heavy atom. The van der Waals surface area contributed by atoms with Gasteiger partial charge in [0.25, 0.3) is 0 Å². The number of sulfonamides is 1. The average molecular weight is 495 g/mol. The van der Waals surface area contributed by atoms with Crippen molar-refractivity contribution in [2.24, 2.45) is 7.05 Å². The van der Waals surface area contributed by atoms with Crippen molar-refractivity contribution >= 4 is 32.8 Å². The van der Waals surface area contributed by atoms with Gasteiger partial charge in [0, 0.05) is 45.2 Å². The molecule has 0 radical (unpaired) electrons. The van der Waals surface area contributed by atoms with E-state index in [0.29, 0.717) is 49.9 Å². The van der Waals surface area contributed by atoms with Crippen LogP contribution < -0.4 is 5.32 Å². The normalized spacial score (nSPS) is 14.9. The van der Waals surface area contributed by atoms with Crippen LogP contribution in [0.25, 0.3) is 16.7 Å². The Balaban J connectivity index is 1.26. The first-order valence-electron chi connectivity index (χ1n) is 11.4. The van der Waals surface area contributed by atoms with Crippen molar-refractivity contribution in [3.63, 3.8) is 0 Å². The van der Waals surface area contributed by atoms with Crippen LogP contribution in [0.4, 0.5) is 5.82 Å². The number of nitrogens with zero attached hydrogens (tertiary/aromatic N) is 5. The SMILES string of the molecule is Cn1c(CCC(=O)Nc2ccn(-c3ccccc3)n2)nc2cc(S(=O)(=O)N3CCOCC3)ccc21. The Kier molecular flexibility index (Phi) is 6.37. The van der Waals surface area contributed by atoms with E-state index in [-0.39, 0.29) is 17.2 Å². The van der Waals surface area contributed by atoms with Gasteiger partial charge in [-0.2, -0.15) is 9.40 Å². The first kappa shape index (κ1) is 23.2. The first-order valence-corrected chi connectivity index (χ1v) is 12.8. The summed E-state index contributed by atoms with van der Waals surface area (Å²) in [5.74, 6) is 0.999. The van der Waals surface area contributed by atoms with Crippen molar-refractivity contribution in [1.82, 2.24) is 23.6 Å². The number of benzene rings is 2. The van der Waals surface area contributed by atoms with Crippen molar-refractivity contribution in [1.29, 1.82) is 0 Å². The summed E-state index contributed by atoms with van der Waals surface area (Å²) >= 11 is 0. The fourth-order valence-electron chi connectivity index (χ4n) is 4.10. The number of fused-ring (bicyclic) bond motifs is 1. The van der Waals surface area contributed by atoms with Gasteiger partial charge in [-0.05, 0) is 30.3 Å².